The molecule has 2 nitrogen and oxygen atoms in total. The van der Waals surface area contributed by atoms with Gasteiger partial charge in [-0.15, -0.1) is 0 Å². The van der Waals surface area contributed by atoms with Gasteiger partial charge in [0.25, 0.3) is 0 Å². The van der Waals surface area contributed by atoms with Crippen molar-refractivity contribution in [3.63, 3.8) is 0 Å². The summed E-state index contributed by atoms with van der Waals surface area (Å²) in [5, 5.41) is 0. The summed E-state index contributed by atoms with van der Waals surface area (Å²) in [6.07, 6.45) is 4.92. The summed E-state index contributed by atoms with van der Waals surface area (Å²) in [4.78, 5) is 14.9. The smallest absolute Gasteiger partial charge is 0.166 e. The maximum atomic E-state index is 12.3. The molecule has 0 unspecified atom stereocenters. The van der Waals surface area contributed by atoms with Gasteiger partial charge in [-0.25, -0.2) is 0 Å². The third-order valence-corrected chi connectivity index (χ3v) is 4.23. The predicted octanol–water partition coefficient (Wildman–Crippen LogP) is 2.99. The van der Waals surface area contributed by atoms with E-state index in [0.717, 1.165) is 37.4 Å². The number of piperidine rings is 1. The number of carbonyl (C=O) groups is 1. The number of rotatable bonds is 4. The van der Waals surface area contributed by atoms with Crippen LogP contribution in [0, 0.1) is 11.8 Å². The third kappa shape index (κ3) is 2.81. The quantitative estimate of drug-likeness (QED) is 0.758. The molecule has 2 fully saturated rings. The van der Waals surface area contributed by atoms with Crippen LogP contribution in [0.2, 0.25) is 0 Å². The number of Topliss-reactive ketones (excluding diaryl/α,β-unsaturated/α-hetero) is 1. The van der Waals surface area contributed by atoms with E-state index in [0.29, 0.717) is 5.78 Å². The summed E-state index contributed by atoms with van der Waals surface area (Å²) >= 11 is 0. The minimum Gasteiger partial charge on any atom is -0.303 e. The molecule has 0 aromatic heterocycles. The molecule has 1 heterocycles. The topological polar surface area (TPSA) is 20.3 Å². The first-order valence-electron chi connectivity index (χ1n) is 7.14. The molecular weight excluding hydrogens is 222 g/mol. The fourth-order valence-corrected chi connectivity index (χ4v) is 2.88. The standard InChI is InChI=1S/C16H21NO/c18-16(14-4-2-1-3-5-14)15-8-10-17(11-9-15)12-13-6-7-13/h1-5,13,15H,6-12H2. The van der Waals surface area contributed by atoms with E-state index in [-0.39, 0.29) is 5.92 Å². The Morgan fingerprint density at radius 3 is 2.33 bits per heavy atom. The normalized spacial score (nSPS) is 22.0. The highest BCUT2D eigenvalue weighted by Crippen LogP contribution is 2.31. The molecular formula is C16H21NO. The molecule has 1 aliphatic heterocycles. The average Bonchev–Trinajstić information content (AvgIpc) is 3.24. The molecule has 2 heteroatoms. The SMILES string of the molecule is O=C(c1ccccc1)C1CCN(CC2CC2)CC1. The number of nitrogens with zero attached hydrogens (tertiary/aromatic N) is 1. The van der Waals surface area contributed by atoms with E-state index in [2.05, 4.69) is 4.90 Å². The van der Waals surface area contributed by atoms with Crippen LogP contribution in [0.25, 0.3) is 0 Å². The van der Waals surface area contributed by atoms with Crippen LogP contribution >= 0.6 is 0 Å². The largest absolute Gasteiger partial charge is 0.303 e. The van der Waals surface area contributed by atoms with Gasteiger partial charge in [-0.05, 0) is 44.7 Å². The molecule has 96 valence electrons. The average molecular weight is 243 g/mol. The molecule has 0 atom stereocenters. The second-order valence-electron chi connectivity index (χ2n) is 5.75. The molecule has 2 aliphatic rings. The van der Waals surface area contributed by atoms with Gasteiger partial charge in [0.05, 0.1) is 0 Å². The van der Waals surface area contributed by atoms with Gasteiger partial charge < -0.3 is 4.90 Å². The summed E-state index contributed by atoms with van der Waals surface area (Å²) < 4.78 is 0. The van der Waals surface area contributed by atoms with E-state index >= 15 is 0 Å². The monoisotopic (exact) mass is 243 g/mol. The molecule has 18 heavy (non-hydrogen) atoms. The zero-order valence-corrected chi connectivity index (χ0v) is 10.8. The molecule has 0 radical (unpaired) electrons. The van der Waals surface area contributed by atoms with E-state index in [9.17, 15) is 4.79 Å². The molecule has 3 rings (SSSR count). The minimum absolute atomic E-state index is 0.253. The maximum absolute atomic E-state index is 12.3. The van der Waals surface area contributed by atoms with E-state index < -0.39 is 0 Å². The fourth-order valence-electron chi connectivity index (χ4n) is 2.88. The van der Waals surface area contributed by atoms with Crippen LogP contribution in [0.5, 0.6) is 0 Å². The highest BCUT2D eigenvalue weighted by molar-refractivity contribution is 5.97. The van der Waals surface area contributed by atoms with Crippen molar-refractivity contribution in [2.24, 2.45) is 11.8 Å². The van der Waals surface area contributed by atoms with Gasteiger partial charge >= 0.3 is 0 Å². The maximum Gasteiger partial charge on any atom is 0.166 e. The van der Waals surface area contributed by atoms with Crippen molar-refractivity contribution in [2.45, 2.75) is 25.7 Å². The Morgan fingerprint density at radius 2 is 1.72 bits per heavy atom. The highest BCUT2D eigenvalue weighted by Gasteiger charge is 2.29. The van der Waals surface area contributed by atoms with E-state index in [1.807, 2.05) is 30.3 Å². The molecule has 0 bridgehead atoms. The van der Waals surface area contributed by atoms with Crippen LogP contribution in [-0.2, 0) is 0 Å². The third-order valence-electron chi connectivity index (χ3n) is 4.23. The molecule has 1 aromatic rings. The first-order valence-corrected chi connectivity index (χ1v) is 7.14. The Kier molecular flexibility index (Phi) is 3.46. The Hall–Kier alpha value is -1.15. The lowest BCUT2D eigenvalue weighted by Crippen LogP contribution is -2.37. The van der Waals surface area contributed by atoms with Gasteiger partial charge in [-0.3, -0.25) is 4.79 Å². The van der Waals surface area contributed by atoms with Crippen molar-refractivity contribution in [3.8, 4) is 0 Å². The van der Waals surface area contributed by atoms with Crippen LogP contribution in [-0.4, -0.2) is 30.3 Å². The highest BCUT2D eigenvalue weighted by atomic mass is 16.1. The van der Waals surface area contributed by atoms with Crippen LogP contribution < -0.4 is 0 Å². The van der Waals surface area contributed by atoms with Crippen molar-refractivity contribution in [1.82, 2.24) is 4.90 Å². The molecule has 0 N–H and O–H groups in total. The number of benzene rings is 1. The lowest BCUT2D eigenvalue weighted by Gasteiger charge is -2.31. The van der Waals surface area contributed by atoms with Crippen LogP contribution in [0.1, 0.15) is 36.0 Å². The van der Waals surface area contributed by atoms with Crippen molar-refractivity contribution >= 4 is 5.78 Å². The molecule has 0 spiro atoms. The molecule has 1 saturated heterocycles. The van der Waals surface area contributed by atoms with Gasteiger partial charge in [0, 0.05) is 18.0 Å². The van der Waals surface area contributed by atoms with Gasteiger partial charge in [-0.2, -0.15) is 0 Å². The Bertz CT molecular complexity index is 402. The summed E-state index contributed by atoms with van der Waals surface area (Å²) in [6, 6.07) is 9.76. The van der Waals surface area contributed by atoms with Crippen molar-refractivity contribution in [2.75, 3.05) is 19.6 Å². The number of likely N-dealkylation sites (tertiary alicyclic amines) is 1. The van der Waals surface area contributed by atoms with Crippen LogP contribution in [0.3, 0.4) is 0 Å². The number of hydrogen-bond donors (Lipinski definition) is 0. The van der Waals surface area contributed by atoms with Crippen LogP contribution in [0.4, 0.5) is 0 Å². The second kappa shape index (κ2) is 5.23. The minimum atomic E-state index is 0.253. The van der Waals surface area contributed by atoms with Crippen molar-refractivity contribution in [1.29, 1.82) is 0 Å². The first-order chi connectivity index (χ1) is 8.83. The second-order valence-corrected chi connectivity index (χ2v) is 5.75. The first kappa shape index (κ1) is 11.9. The summed E-state index contributed by atoms with van der Waals surface area (Å²) in [5.41, 5.74) is 0.887. The summed E-state index contributed by atoms with van der Waals surface area (Å²) in [6.45, 7) is 3.49. The number of ketones is 1. The fraction of sp³-hybridized carbons (Fsp3) is 0.562. The summed E-state index contributed by atoms with van der Waals surface area (Å²) in [7, 11) is 0. The zero-order valence-electron chi connectivity index (χ0n) is 10.8. The predicted molar refractivity (Wildman–Crippen MR) is 72.7 cm³/mol. The van der Waals surface area contributed by atoms with Gasteiger partial charge in [0.1, 0.15) is 0 Å². The van der Waals surface area contributed by atoms with E-state index in [1.54, 1.807) is 0 Å². The molecule has 1 aliphatic carbocycles. The lowest BCUT2D eigenvalue weighted by atomic mass is 9.89. The number of carbonyl (C=O) groups excluding carboxylic acids is 1. The van der Waals surface area contributed by atoms with Gasteiger partial charge in [0.15, 0.2) is 5.78 Å². The van der Waals surface area contributed by atoms with Gasteiger partial charge in [0.2, 0.25) is 0 Å². The Morgan fingerprint density at radius 1 is 1.06 bits per heavy atom. The zero-order chi connectivity index (χ0) is 12.4. The van der Waals surface area contributed by atoms with Gasteiger partial charge in [-0.1, -0.05) is 30.3 Å². The Labute approximate surface area is 109 Å². The summed E-state index contributed by atoms with van der Waals surface area (Å²) in [5.74, 6) is 1.57. The Balaban J connectivity index is 1.54. The molecule has 1 aromatic carbocycles. The van der Waals surface area contributed by atoms with Crippen molar-refractivity contribution in [3.05, 3.63) is 35.9 Å². The van der Waals surface area contributed by atoms with Crippen molar-refractivity contribution < 1.29 is 4.79 Å². The van der Waals surface area contributed by atoms with Crippen LogP contribution in [0.15, 0.2) is 30.3 Å². The molecule has 1 saturated carbocycles. The van der Waals surface area contributed by atoms with E-state index in [4.69, 9.17) is 0 Å². The molecule has 0 amide bonds. The van der Waals surface area contributed by atoms with E-state index in [1.165, 1.54) is 19.4 Å². The number of hydrogen-bond acceptors (Lipinski definition) is 2. The lowest BCUT2D eigenvalue weighted by molar-refractivity contribution is 0.0837.